The Morgan fingerprint density at radius 1 is 1.18 bits per heavy atom. The van der Waals surface area contributed by atoms with Crippen LogP contribution in [-0.4, -0.2) is 56.3 Å². The number of tetrazole rings is 1. The van der Waals surface area contributed by atoms with Crippen molar-refractivity contribution < 1.29 is 23.9 Å². The molecule has 4 amide bonds. The summed E-state index contributed by atoms with van der Waals surface area (Å²) in [6.45, 7) is 1.56. The molecule has 2 aliphatic heterocycles. The number of amides is 4. The van der Waals surface area contributed by atoms with E-state index < -0.39 is 29.9 Å². The summed E-state index contributed by atoms with van der Waals surface area (Å²) in [5.74, 6) is 0.255. The molecule has 1 fully saturated rings. The van der Waals surface area contributed by atoms with Gasteiger partial charge >= 0.3 is 6.03 Å². The zero-order valence-electron chi connectivity index (χ0n) is 17.5. The monoisotopic (exact) mass is 449 g/mol. The Morgan fingerprint density at radius 2 is 2.03 bits per heavy atom. The number of nitrogens with zero attached hydrogens (tertiary/aromatic N) is 5. The average Bonchev–Trinajstić information content (AvgIpc) is 3.56. The van der Waals surface area contributed by atoms with Gasteiger partial charge in [-0.15, -0.1) is 5.10 Å². The molecule has 2 aliphatic rings. The van der Waals surface area contributed by atoms with Gasteiger partial charge in [0.1, 0.15) is 18.4 Å². The number of carbonyl (C=O) groups is 3. The molecule has 0 bridgehead atoms. The lowest BCUT2D eigenvalue weighted by molar-refractivity contribution is -0.134. The Hall–Kier alpha value is -4.48. The summed E-state index contributed by atoms with van der Waals surface area (Å²) < 4.78 is 12.0. The van der Waals surface area contributed by atoms with Crippen LogP contribution < -0.4 is 20.1 Å². The van der Waals surface area contributed by atoms with Crippen molar-refractivity contribution in [2.75, 3.05) is 13.3 Å². The van der Waals surface area contributed by atoms with Crippen molar-refractivity contribution in [3.63, 3.8) is 0 Å². The first-order valence-electron chi connectivity index (χ1n) is 10.1. The third-order valence-corrected chi connectivity index (χ3v) is 5.54. The topological polar surface area (TPSA) is 141 Å². The van der Waals surface area contributed by atoms with Crippen LogP contribution in [-0.2, 0) is 21.7 Å². The van der Waals surface area contributed by atoms with Crippen LogP contribution >= 0.6 is 0 Å². The van der Waals surface area contributed by atoms with Crippen molar-refractivity contribution in [1.82, 2.24) is 35.7 Å². The molecular formula is C21H19N7O5. The van der Waals surface area contributed by atoms with Crippen LogP contribution in [0.1, 0.15) is 18.1 Å². The van der Waals surface area contributed by atoms with Gasteiger partial charge in [-0.05, 0) is 52.7 Å². The van der Waals surface area contributed by atoms with Crippen LogP contribution in [0.25, 0.3) is 5.69 Å². The summed E-state index contributed by atoms with van der Waals surface area (Å²) in [7, 11) is 0. The van der Waals surface area contributed by atoms with Gasteiger partial charge in [0, 0.05) is 6.54 Å². The molecule has 1 saturated heterocycles. The first kappa shape index (κ1) is 20.4. The quantitative estimate of drug-likeness (QED) is 0.518. The Balaban J connectivity index is 1.26. The van der Waals surface area contributed by atoms with E-state index in [9.17, 15) is 14.4 Å². The fourth-order valence-electron chi connectivity index (χ4n) is 3.73. The first-order chi connectivity index (χ1) is 15.9. The first-order valence-corrected chi connectivity index (χ1v) is 10.1. The van der Waals surface area contributed by atoms with Gasteiger partial charge < -0.3 is 20.1 Å². The number of carbonyl (C=O) groups excluding carboxylic acids is 3. The number of rotatable bonds is 6. The molecule has 1 aromatic heterocycles. The number of benzene rings is 2. The van der Waals surface area contributed by atoms with Crippen LogP contribution in [0.15, 0.2) is 48.8 Å². The van der Waals surface area contributed by atoms with E-state index in [1.54, 1.807) is 49.4 Å². The Bertz CT molecular complexity index is 1250. The lowest BCUT2D eigenvalue weighted by Gasteiger charge is -2.22. The number of fused-ring (bicyclic) bond motifs is 1. The molecule has 0 spiro atoms. The standard InChI is InChI=1S/C21H19N7O5/c1-21(14-3-2-4-15(8-14)28-11-23-25-26-28)19(30)27(20(31)24-21)10-18(29)22-9-13-5-6-16-17(7-13)33-12-32-16/h2-8,11H,9-10,12H2,1H3,(H,22,29)(H,24,31)/t21-/m0/s1. The highest BCUT2D eigenvalue weighted by Crippen LogP contribution is 2.32. The molecule has 12 nitrogen and oxygen atoms in total. The molecule has 12 heteroatoms. The number of urea groups is 1. The van der Waals surface area contributed by atoms with E-state index >= 15 is 0 Å². The summed E-state index contributed by atoms with van der Waals surface area (Å²) in [5.41, 5.74) is 0.630. The summed E-state index contributed by atoms with van der Waals surface area (Å²) >= 11 is 0. The molecule has 5 rings (SSSR count). The fourth-order valence-corrected chi connectivity index (χ4v) is 3.73. The third-order valence-electron chi connectivity index (χ3n) is 5.54. The summed E-state index contributed by atoms with van der Waals surface area (Å²) in [6.07, 6.45) is 1.42. The second-order valence-electron chi connectivity index (χ2n) is 7.72. The summed E-state index contributed by atoms with van der Waals surface area (Å²) in [6, 6.07) is 11.6. The highest BCUT2D eigenvalue weighted by Gasteiger charge is 2.49. The highest BCUT2D eigenvalue weighted by atomic mass is 16.7. The molecule has 3 heterocycles. The molecule has 0 aliphatic carbocycles. The van der Waals surface area contributed by atoms with E-state index in [4.69, 9.17) is 9.47 Å². The van der Waals surface area contributed by atoms with Crippen molar-refractivity contribution in [2.24, 2.45) is 0 Å². The van der Waals surface area contributed by atoms with Crippen LogP contribution in [0.3, 0.4) is 0 Å². The van der Waals surface area contributed by atoms with Gasteiger partial charge in [-0.1, -0.05) is 18.2 Å². The molecule has 33 heavy (non-hydrogen) atoms. The van der Waals surface area contributed by atoms with E-state index in [-0.39, 0.29) is 13.3 Å². The maximum absolute atomic E-state index is 13.2. The van der Waals surface area contributed by atoms with Crippen molar-refractivity contribution >= 4 is 17.8 Å². The van der Waals surface area contributed by atoms with Gasteiger partial charge in [-0.2, -0.15) is 0 Å². The van der Waals surface area contributed by atoms with Gasteiger partial charge in [0.05, 0.1) is 5.69 Å². The number of imide groups is 1. The Morgan fingerprint density at radius 3 is 2.85 bits per heavy atom. The third kappa shape index (κ3) is 3.71. The SMILES string of the molecule is C[C@@]1(c2cccc(-n3cnnn3)c2)NC(=O)N(CC(=O)NCc2ccc3c(c2)OCO3)C1=O. The zero-order chi connectivity index (χ0) is 23.0. The van der Waals surface area contributed by atoms with Gasteiger partial charge in [0.25, 0.3) is 5.91 Å². The normalized spacial score (nSPS) is 19.0. The molecule has 2 N–H and O–H groups in total. The van der Waals surface area contributed by atoms with E-state index in [0.29, 0.717) is 22.7 Å². The smallest absolute Gasteiger partial charge is 0.325 e. The van der Waals surface area contributed by atoms with E-state index in [2.05, 4.69) is 26.2 Å². The molecule has 0 saturated carbocycles. The molecular weight excluding hydrogens is 430 g/mol. The van der Waals surface area contributed by atoms with Crippen molar-refractivity contribution in [2.45, 2.75) is 19.0 Å². The molecule has 0 radical (unpaired) electrons. The van der Waals surface area contributed by atoms with E-state index in [1.807, 2.05) is 0 Å². The predicted molar refractivity (Wildman–Crippen MR) is 111 cm³/mol. The molecule has 1 atom stereocenters. The summed E-state index contributed by atoms with van der Waals surface area (Å²) in [5, 5.41) is 16.4. The second kappa shape index (κ2) is 7.89. The lowest BCUT2D eigenvalue weighted by Crippen LogP contribution is -2.43. The van der Waals surface area contributed by atoms with Crippen LogP contribution in [0, 0.1) is 0 Å². The molecule has 3 aromatic rings. The van der Waals surface area contributed by atoms with Crippen molar-refractivity contribution in [1.29, 1.82) is 0 Å². The second-order valence-corrected chi connectivity index (χ2v) is 7.72. The van der Waals surface area contributed by atoms with Crippen molar-refractivity contribution in [3.8, 4) is 17.2 Å². The van der Waals surface area contributed by atoms with E-state index in [1.165, 1.54) is 11.0 Å². The minimum Gasteiger partial charge on any atom is -0.454 e. The number of aromatic nitrogens is 4. The maximum Gasteiger partial charge on any atom is 0.325 e. The van der Waals surface area contributed by atoms with Crippen LogP contribution in [0.5, 0.6) is 11.5 Å². The number of hydrogen-bond donors (Lipinski definition) is 2. The van der Waals surface area contributed by atoms with Gasteiger partial charge in [-0.3, -0.25) is 14.5 Å². The van der Waals surface area contributed by atoms with Crippen molar-refractivity contribution in [3.05, 3.63) is 59.9 Å². The average molecular weight is 449 g/mol. The van der Waals surface area contributed by atoms with E-state index in [0.717, 1.165) is 10.5 Å². The van der Waals surface area contributed by atoms with Gasteiger partial charge in [0.2, 0.25) is 12.7 Å². The summed E-state index contributed by atoms with van der Waals surface area (Å²) in [4.78, 5) is 39.1. The Kier molecular flexibility index (Phi) is 4.89. The number of nitrogens with one attached hydrogen (secondary N) is 2. The lowest BCUT2D eigenvalue weighted by atomic mass is 9.91. The molecule has 2 aromatic carbocycles. The van der Waals surface area contributed by atoms with Gasteiger partial charge in [0.15, 0.2) is 11.5 Å². The molecule has 0 unspecified atom stereocenters. The largest absolute Gasteiger partial charge is 0.454 e. The number of ether oxygens (including phenoxy) is 2. The minimum atomic E-state index is -1.33. The predicted octanol–water partition coefficient (Wildman–Crippen LogP) is 0.474. The number of hydrogen-bond acceptors (Lipinski definition) is 8. The van der Waals surface area contributed by atoms with Crippen LogP contribution in [0.2, 0.25) is 0 Å². The highest BCUT2D eigenvalue weighted by molar-refractivity contribution is 6.09. The zero-order valence-corrected chi connectivity index (χ0v) is 17.5. The van der Waals surface area contributed by atoms with Gasteiger partial charge in [-0.25, -0.2) is 9.48 Å². The fraction of sp³-hybridized carbons (Fsp3) is 0.238. The minimum absolute atomic E-state index is 0.161. The molecule has 168 valence electrons. The van der Waals surface area contributed by atoms with Crippen LogP contribution in [0.4, 0.5) is 4.79 Å². The maximum atomic E-state index is 13.2. The Labute approximate surface area is 187 Å².